The van der Waals surface area contributed by atoms with Gasteiger partial charge < -0.3 is 14.4 Å². The molecule has 1 aromatic carbocycles. The highest BCUT2D eigenvalue weighted by atomic mass is 16.5. The minimum Gasteiger partial charge on any atom is -0.508 e. The van der Waals surface area contributed by atoms with Gasteiger partial charge in [0.2, 0.25) is 0 Å². The monoisotopic (exact) mass is 204 g/mol. The average molecular weight is 204 g/mol. The predicted octanol–water partition coefficient (Wildman–Crippen LogP) is 1.67. The van der Waals surface area contributed by atoms with Crippen molar-refractivity contribution in [1.82, 2.24) is 9.55 Å². The van der Waals surface area contributed by atoms with Crippen molar-refractivity contribution in [2.75, 3.05) is 6.61 Å². The van der Waals surface area contributed by atoms with Gasteiger partial charge in [-0.3, -0.25) is 0 Å². The fourth-order valence-corrected chi connectivity index (χ4v) is 1.26. The molecule has 78 valence electrons. The number of nitrogens with zero attached hydrogens (tertiary/aromatic N) is 2. The highest BCUT2D eigenvalue weighted by molar-refractivity contribution is 5.31. The van der Waals surface area contributed by atoms with Crippen LogP contribution in [0.2, 0.25) is 0 Å². The Labute approximate surface area is 87.8 Å². The zero-order valence-electron chi connectivity index (χ0n) is 8.21. The first kappa shape index (κ1) is 9.58. The second kappa shape index (κ2) is 4.50. The molecule has 1 N–H and O–H groups in total. The Kier molecular flexibility index (Phi) is 2.88. The molecular weight excluding hydrogens is 192 g/mol. The summed E-state index contributed by atoms with van der Waals surface area (Å²) in [5, 5.41) is 9.20. The van der Waals surface area contributed by atoms with E-state index in [0.717, 1.165) is 6.54 Å². The summed E-state index contributed by atoms with van der Waals surface area (Å²) >= 11 is 0. The Bertz CT molecular complexity index is 412. The lowest BCUT2D eigenvalue weighted by Crippen LogP contribution is -2.06. The average Bonchev–Trinajstić information content (AvgIpc) is 2.71. The Morgan fingerprint density at radius 1 is 1.40 bits per heavy atom. The quantitative estimate of drug-likeness (QED) is 0.824. The van der Waals surface area contributed by atoms with Crippen molar-refractivity contribution in [3.8, 4) is 11.5 Å². The smallest absolute Gasteiger partial charge is 0.123 e. The number of imidazole rings is 1. The molecule has 1 heterocycles. The second-order valence-corrected chi connectivity index (χ2v) is 3.15. The number of hydrogen-bond acceptors (Lipinski definition) is 3. The van der Waals surface area contributed by atoms with E-state index >= 15 is 0 Å². The number of hydrogen-bond donors (Lipinski definition) is 1. The van der Waals surface area contributed by atoms with Crippen molar-refractivity contribution in [1.29, 1.82) is 0 Å². The van der Waals surface area contributed by atoms with E-state index in [1.54, 1.807) is 30.7 Å². The molecule has 0 unspecified atom stereocenters. The summed E-state index contributed by atoms with van der Waals surface area (Å²) < 4.78 is 7.38. The van der Waals surface area contributed by atoms with Gasteiger partial charge in [-0.15, -0.1) is 0 Å². The van der Waals surface area contributed by atoms with Crippen LogP contribution < -0.4 is 4.74 Å². The van der Waals surface area contributed by atoms with Crippen LogP contribution in [0.4, 0.5) is 0 Å². The number of aromatic hydroxyl groups is 1. The van der Waals surface area contributed by atoms with Crippen molar-refractivity contribution in [3.63, 3.8) is 0 Å². The zero-order chi connectivity index (χ0) is 10.5. The molecule has 0 saturated heterocycles. The highest BCUT2D eigenvalue weighted by Crippen LogP contribution is 2.17. The lowest BCUT2D eigenvalue weighted by atomic mass is 10.3. The van der Waals surface area contributed by atoms with Crippen LogP contribution in [0.25, 0.3) is 0 Å². The number of phenolic OH excluding ortho intramolecular Hbond substituents is 1. The molecule has 2 aromatic rings. The molecule has 0 bridgehead atoms. The van der Waals surface area contributed by atoms with Gasteiger partial charge in [0.15, 0.2) is 0 Å². The Morgan fingerprint density at radius 3 is 3.07 bits per heavy atom. The van der Waals surface area contributed by atoms with Crippen LogP contribution in [-0.2, 0) is 6.54 Å². The molecule has 2 rings (SSSR count). The van der Waals surface area contributed by atoms with E-state index in [4.69, 9.17) is 4.74 Å². The van der Waals surface area contributed by atoms with Gasteiger partial charge in [0.1, 0.15) is 18.1 Å². The third-order valence-electron chi connectivity index (χ3n) is 2.00. The van der Waals surface area contributed by atoms with E-state index in [1.165, 1.54) is 0 Å². The Balaban J connectivity index is 1.83. The van der Waals surface area contributed by atoms with Gasteiger partial charge in [-0.2, -0.15) is 0 Å². The maximum absolute atomic E-state index is 9.20. The van der Waals surface area contributed by atoms with Gasteiger partial charge in [-0.1, -0.05) is 6.07 Å². The highest BCUT2D eigenvalue weighted by Gasteiger charge is 1.95. The first-order chi connectivity index (χ1) is 7.34. The minimum atomic E-state index is 0.218. The molecule has 4 heteroatoms. The number of aromatic nitrogens is 2. The fourth-order valence-electron chi connectivity index (χ4n) is 1.26. The summed E-state index contributed by atoms with van der Waals surface area (Å²) in [5.74, 6) is 0.894. The van der Waals surface area contributed by atoms with Crippen LogP contribution in [0.3, 0.4) is 0 Å². The Hall–Kier alpha value is -1.97. The molecule has 4 nitrogen and oxygen atoms in total. The number of ether oxygens (including phenoxy) is 1. The summed E-state index contributed by atoms with van der Waals surface area (Å²) in [6.45, 7) is 1.30. The maximum atomic E-state index is 9.20. The number of rotatable bonds is 4. The van der Waals surface area contributed by atoms with Crippen LogP contribution >= 0.6 is 0 Å². The van der Waals surface area contributed by atoms with Crippen molar-refractivity contribution in [2.24, 2.45) is 0 Å². The molecule has 0 fully saturated rings. The molecule has 0 aliphatic heterocycles. The summed E-state index contributed by atoms with van der Waals surface area (Å²) in [5.41, 5.74) is 0. The molecule has 0 amide bonds. The molecule has 15 heavy (non-hydrogen) atoms. The van der Waals surface area contributed by atoms with E-state index in [0.29, 0.717) is 12.4 Å². The van der Waals surface area contributed by atoms with Gasteiger partial charge in [0.25, 0.3) is 0 Å². The van der Waals surface area contributed by atoms with E-state index in [-0.39, 0.29) is 5.75 Å². The topological polar surface area (TPSA) is 47.3 Å². The fraction of sp³-hybridized carbons (Fsp3) is 0.182. The van der Waals surface area contributed by atoms with Gasteiger partial charge in [-0.05, 0) is 12.1 Å². The van der Waals surface area contributed by atoms with Crippen LogP contribution in [0, 0.1) is 0 Å². The van der Waals surface area contributed by atoms with Crippen LogP contribution in [0.5, 0.6) is 11.5 Å². The van der Waals surface area contributed by atoms with Gasteiger partial charge in [-0.25, -0.2) is 4.98 Å². The molecule has 0 atom stereocenters. The first-order valence-corrected chi connectivity index (χ1v) is 4.72. The van der Waals surface area contributed by atoms with E-state index in [9.17, 15) is 5.11 Å². The van der Waals surface area contributed by atoms with Crippen LogP contribution in [0.1, 0.15) is 0 Å². The van der Waals surface area contributed by atoms with Crippen molar-refractivity contribution >= 4 is 0 Å². The summed E-state index contributed by atoms with van der Waals surface area (Å²) in [6.07, 6.45) is 5.35. The van der Waals surface area contributed by atoms with Gasteiger partial charge in [0, 0.05) is 18.5 Å². The normalized spacial score (nSPS) is 10.1. The predicted molar refractivity (Wildman–Crippen MR) is 55.8 cm³/mol. The standard InChI is InChI=1S/C11H12N2O2/c14-10-2-1-3-11(8-10)15-7-6-13-5-4-12-9-13/h1-5,8-9,14H,6-7H2. The molecule has 0 aliphatic carbocycles. The minimum absolute atomic E-state index is 0.218. The van der Waals surface area contributed by atoms with E-state index < -0.39 is 0 Å². The third-order valence-corrected chi connectivity index (χ3v) is 2.00. The van der Waals surface area contributed by atoms with E-state index in [1.807, 2.05) is 16.8 Å². The zero-order valence-corrected chi connectivity index (χ0v) is 8.21. The van der Waals surface area contributed by atoms with Gasteiger partial charge >= 0.3 is 0 Å². The molecule has 0 spiro atoms. The van der Waals surface area contributed by atoms with Crippen molar-refractivity contribution in [2.45, 2.75) is 6.54 Å². The van der Waals surface area contributed by atoms with Gasteiger partial charge in [0.05, 0.1) is 12.9 Å². The summed E-state index contributed by atoms with van der Waals surface area (Å²) in [4.78, 5) is 3.93. The Morgan fingerprint density at radius 2 is 2.33 bits per heavy atom. The summed E-state index contributed by atoms with van der Waals surface area (Å²) in [7, 11) is 0. The third kappa shape index (κ3) is 2.74. The molecule has 0 aliphatic rings. The largest absolute Gasteiger partial charge is 0.508 e. The summed E-state index contributed by atoms with van der Waals surface area (Å²) in [6, 6.07) is 6.77. The maximum Gasteiger partial charge on any atom is 0.123 e. The molecule has 0 saturated carbocycles. The SMILES string of the molecule is Oc1cccc(OCCn2ccnc2)c1. The molecule has 0 radical (unpaired) electrons. The number of phenols is 1. The van der Waals surface area contributed by atoms with Crippen molar-refractivity contribution < 1.29 is 9.84 Å². The molecule has 1 aromatic heterocycles. The molecular formula is C11H12N2O2. The lowest BCUT2D eigenvalue weighted by Gasteiger charge is -2.06. The lowest BCUT2D eigenvalue weighted by molar-refractivity contribution is 0.297. The van der Waals surface area contributed by atoms with Crippen LogP contribution in [0.15, 0.2) is 43.0 Å². The number of benzene rings is 1. The first-order valence-electron chi connectivity index (χ1n) is 4.72. The van der Waals surface area contributed by atoms with Crippen molar-refractivity contribution in [3.05, 3.63) is 43.0 Å². The van der Waals surface area contributed by atoms with E-state index in [2.05, 4.69) is 4.98 Å². The second-order valence-electron chi connectivity index (χ2n) is 3.15. The van der Waals surface area contributed by atoms with Crippen LogP contribution in [-0.4, -0.2) is 21.3 Å².